The summed E-state index contributed by atoms with van der Waals surface area (Å²) in [6, 6.07) is 7.76. The molecule has 0 aliphatic heterocycles. The first-order chi connectivity index (χ1) is 8.52. The minimum absolute atomic E-state index is 0.174. The molecule has 18 heavy (non-hydrogen) atoms. The monoisotopic (exact) mass is 249 g/mol. The van der Waals surface area contributed by atoms with Gasteiger partial charge in [-0.1, -0.05) is 31.5 Å². The van der Waals surface area contributed by atoms with Crippen molar-refractivity contribution in [3.8, 4) is 0 Å². The van der Waals surface area contributed by atoms with E-state index in [9.17, 15) is 4.79 Å². The van der Waals surface area contributed by atoms with Crippen LogP contribution in [0.3, 0.4) is 0 Å². The SMILES string of the molecule is CCOC(=O)C(CC(C)C)Nc1ccc(C)cc1. The molecule has 0 aliphatic rings. The molecule has 100 valence electrons. The number of hydrogen-bond donors (Lipinski definition) is 1. The second kappa shape index (κ2) is 7.04. The summed E-state index contributed by atoms with van der Waals surface area (Å²) < 4.78 is 5.10. The topological polar surface area (TPSA) is 38.3 Å². The number of rotatable bonds is 6. The number of benzene rings is 1. The number of hydrogen-bond acceptors (Lipinski definition) is 3. The van der Waals surface area contributed by atoms with Gasteiger partial charge in [0.1, 0.15) is 6.04 Å². The Balaban J connectivity index is 2.71. The normalized spacial score (nSPS) is 12.3. The van der Waals surface area contributed by atoms with E-state index in [1.165, 1.54) is 5.56 Å². The largest absolute Gasteiger partial charge is 0.464 e. The van der Waals surface area contributed by atoms with Crippen LogP contribution in [0.1, 0.15) is 32.8 Å². The Bertz CT molecular complexity index is 371. The van der Waals surface area contributed by atoms with E-state index in [0.29, 0.717) is 12.5 Å². The summed E-state index contributed by atoms with van der Waals surface area (Å²) in [5, 5.41) is 3.25. The fourth-order valence-electron chi connectivity index (χ4n) is 1.78. The average Bonchev–Trinajstić information content (AvgIpc) is 2.31. The Morgan fingerprint density at radius 1 is 1.28 bits per heavy atom. The zero-order valence-corrected chi connectivity index (χ0v) is 11.7. The van der Waals surface area contributed by atoms with Gasteiger partial charge in [0.2, 0.25) is 0 Å². The van der Waals surface area contributed by atoms with Crippen LogP contribution in [0.15, 0.2) is 24.3 Å². The number of esters is 1. The van der Waals surface area contributed by atoms with Crippen molar-refractivity contribution in [2.24, 2.45) is 5.92 Å². The quantitative estimate of drug-likeness (QED) is 0.785. The third kappa shape index (κ3) is 4.78. The molecule has 1 aromatic carbocycles. The van der Waals surface area contributed by atoms with Crippen molar-refractivity contribution < 1.29 is 9.53 Å². The van der Waals surface area contributed by atoms with Crippen molar-refractivity contribution in [2.75, 3.05) is 11.9 Å². The zero-order valence-electron chi connectivity index (χ0n) is 11.7. The van der Waals surface area contributed by atoms with Crippen LogP contribution in [0.2, 0.25) is 0 Å². The van der Waals surface area contributed by atoms with Gasteiger partial charge in [-0.2, -0.15) is 0 Å². The molecule has 0 bridgehead atoms. The molecule has 3 nitrogen and oxygen atoms in total. The van der Waals surface area contributed by atoms with Crippen LogP contribution in [0.5, 0.6) is 0 Å². The molecule has 1 N–H and O–H groups in total. The fourth-order valence-corrected chi connectivity index (χ4v) is 1.78. The number of aryl methyl sites for hydroxylation is 1. The van der Waals surface area contributed by atoms with Crippen LogP contribution in [0.25, 0.3) is 0 Å². The Morgan fingerprint density at radius 3 is 2.39 bits per heavy atom. The Hall–Kier alpha value is -1.51. The highest BCUT2D eigenvalue weighted by Gasteiger charge is 2.20. The number of carbonyl (C=O) groups is 1. The van der Waals surface area contributed by atoms with Crippen molar-refractivity contribution in [3.05, 3.63) is 29.8 Å². The zero-order chi connectivity index (χ0) is 13.5. The molecule has 0 amide bonds. The second-order valence-corrected chi connectivity index (χ2v) is 4.94. The maximum atomic E-state index is 11.9. The lowest BCUT2D eigenvalue weighted by molar-refractivity contribution is -0.144. The molecule has 1 atom stereocenters. The lowest BCUT2D eigenvalue weighted by Crippen LogP contribution is -2.32. The van der Waals surface area contributed by atoms with E-state index in [-0.39, 0.29) is 12.0 Å². The first kappa shape index (κ1) is 14.6. The molecule has 0 aromatic heterocycles. The van der Waals surface area contributed by atoms with Crippen molar-refractivity contribution in [1.82, 2.24) is 0 Å². The van der Waals surface area contributed by atoms with Crippen LogP contribution in [-0.2, 0) is 9.53 Å². The van der Waals surface area contributed by atoms with Gasteiger partial charge in [-0.25, -0.2) is 4.79 Å². The molecule has 0 aliphatic carbocycles. The Labute approximate surface area is 110 Å². The lowest BCUT2D eigenvalue weighted by Gasteiger charge is -2.20. The van der Waals surface area contributed by atoms with Crippen LogP contribution in [0, 0.1) is 12.8 Å². The van der Waals surface area contributed by atoms with E-state index in [4.69, 9.17) is 4.74 Å². The van der Waals surface area contributed by atoms with Gasteiger partial charge in [-0.15, -0.1) is 0 Å². The molecular formula is C15H23NO2. The summed E-state index contributed by atoms with van der Waals surface area (Å²) in [6.07, 6.45) is 0.771. The standard InChI is InChI=1S/C15H23NO2/c1-5-18-15(17)14(10-11(2)3)16-13-8-6-12(4)7-9-13/h6-9,11,14,16H,5,10H2,1-4H3. The van der Waals surface area contributed by atoms with Gasteiger partial charge in [0.15, 0.2) is 0 Å². The van der Waals surface area contributed by atoms with E-state index in [2.05, 4.69) is 19.2 Å². The first-order valence-corrected chi connectivity index (χ1v) is 6.52. The third-order valence-electron chi connectivity index (χ3n) is 2.67. The summed E-state index contributed by atoms with van der Waals surface area (Å²) in [5.74, 6) is 0.268. The molecular weight excluding hydrogens is 226 g/mol. The molecule has 0 saturated carbocycles. The molecule has 0 radical (unpaired) electrons. The number of anilines is 1. The van der Waals surface area contributed by atoms with E-state index < -0.39 is 0 Å². The van der Waals surface area contributed by atoms with Gasteiger partial charge in [0, 0.05) is 5.69 Å². The van der Waals surface area contributed by atoms with Crippen molar-refractivity contribution in [1.29, 1.82) is 0 Å². The third-order valence-corrected chi connectivity index (χ3v) is 2.67. The highest BCUT2D eigenvalue weighted by Crippen LogP contribution is 2.15. The van der Waals surface area contributed by atoms with Gasteiger partial charge >= 0.3 is 5.97 Å². The van der Waals surface area contributed by atoms with Crippen LogP contribution < -0.4 is 5.32 Å². The van der Waals surface area contributed by atoms with E-state index in [1.807, 2.05) is 38.1 Å². The lowest BCUT2D eigenvalue weighted by atomic mass is 10.0. The summed E-state index contributed by atoms with van der Waals surface area (Å²) in [7, 11) is 0. The predicted molar refractivity (Wildman–Crippen MR) is 74.7 cm³/mol. The van der Waals surface area contributed by atoms with Crippen LogP contribution in [0.4, 0.5) is 5.69 Å². The van der Waals surface area contributed by atoms with Gasteiger partial charge < -0.3 is 10.1 Å². The number of ether oxygens (including phenoxy) is 1. The van der Waals surface area contributed by atoms with E-state index in [0.717, 1.165) is 12.1 Å². The summed E-state index contributed by atoms with van der Waals surface area (Å²) in [6.45, 7) is 8.49. The predicted octanol–water partition coefficient (Wildman–Crippen LogP) is 3.38. The van der Waals surface area contributed by atoms with Gasteiger partial charge in [-0.3, -0.25) is 0 Å². The smallest absolute Gasteiger partial charge is 0.328 e. The Morgan fingerprint density at radius 2 is 1.89 bits per heavy atom. The van der Waals surface area contributed by atoms with Gasteiger partial charge in [0.05, 0.1) is 6.61 Å². The summed E-state index contributed by atoms with van der Waals surface area (Å²) >= 11 is 0. The summed E-state index contributed by atoms with van der Waals surface area (Å²) in [4.78, 5) is 11.9. The molecule has 1 aromatic rings. The fraction of sp³-hybridized carbons (Fsp3) is 0.533. The highest BCUT2D eigenvalue weighted by molar-refractivity contribution is 5.79. The van der Waals surface area contributed by atoms with Crippen LogP contribution >= 0.6 is 0 Å². The maximum absolute atomic E-state index is 11.9. The van der Waals surface area contributed by atoms with Crippen LogP contribution in [-0.4, -0.2) is 18.6 Å². The van der Waals surface area contributed by atoms with Crippen molar-refractivity contribution in [3.63, 3.8) is 0 Å². The molecule has 1 unspecified atom stereocenters. The number of carbonyl (C=O) groups excluding carboxylic acids is 1. The minimum atomic E-state index is -0.271. The van der Waals surface area contributed by atoms with Gasteiger partial charge in [0.25, 0.3) is 0 Å². The van der Waals surface area contributed by atoms with Crippen molar-refractivity contribution in [2.45, 2.75) is 40.2 Å². The molecule has 0 saturated heterocycles. The molecule has 0 spiro atoms. The molecule has 1 rings (SSSR count). The first-order valence-electron chi connectivity index (χ1n) is 6.52. The highest BCUT2D eigenvalue weighted by atomic mass is 16.5. The summed E-state index contributed by atoms with van der Waals surface area (Å²) in [5.41, 5.74) is 2.16. The van der Waals surface area contributed by atoms with E-state index in [1.54, 1.807) is 0 Å². The van der Waals surface area contributed by atoms with Gasteiger partial charge in [-0.05, 0) is 38.3 Å². The Kier molecular flexibility index (Phi) is 5.69. The average molecular weight is 249 g/mol. The van der Waals surface area contributed by atoms with E-state index >= 15 is 0 Å². The number of nitrogens with one attached hydrogen (secondary N) is 1. The van der Waals surface area contributed by atoms with Crippen molar-refractivity contribution >= 4 is 11.7 Å². The second-order valence-electron chi connectivity index (χ2n) is 4.94. The molecule has 3 heteroatoms. The molecule has 0 fully saturated rings. The maximum Gasteiger partial charge on any atom is 0.328 e. The molecule has 0 heterocycles. The minimum Gasteiger partial charge on any atom is -0.464 e.